The molecule has 1 saturated heterocycles. The van der Waals surface area contributed by atoms with Crippen molar-refractivity contribution in [2.45, 2.75) is 63.6 Å². The fourth-order valence-electron chi connectivity index (χ4n) is 3.59. The molecule has 0 aliphatic carbocycles. The fraction of sp³-hybridized carbons (Fsp3) is 0.636. The molecule has 9 nitrogen and oxygen atoms in total. The summed E-state index contributed by atoms with van der Waals surface area (Å²) in [5, 5.41) is 2.90. The summed E-state index contributed by atoms with van der Waals surface area (Å²) in [6.45, 7) is 12.6. The van der Waals surface area contributed by atoms with E-state index in [-0.39, 0.29) is 16.8 Å². The van der Waals surface area contributed by atoms with Gasteiger partial charge in [-0.2, -0.15) is 0 Å². The van der Waals surface area contributed by atoms with Gasteiger partial charge in [0.15, 0.2) is 18.3 Å². The van der Waals surface area contributed by atoms with Crippen molar-refractivity contribution in [3.05, 3.63) is 25.3 Å². The highest BCUT2D eigenvalue weighted by Crippen LogP contribution is 2.34. The Balaban J connectivity index is 3.49. The second-order valence-corrected chi connectivity index (χ2v) is 10.6. The quantitative estimate of drug-likeness (QED) is 0.182. The van der Waals surface area contributed by atoms with E-state index in [1.807, 2.05) is 0 Å². The topological polar surface area (TPSA) is 117 Å². The highest BCUT2D eigenvalue weighted by molar-refractivity contribution is 7.99. The summed E-state index contributed by atoms with van der Waals surface area (Å²) >= 11 is 1.25. The lowest BCUT2D eigenvalue weighted by Crippen LogP contribution is -2.66. The fourth-order valence-corrected chi connectivity index (χ4v) is 6.16. The largest absolute Gasteiger partial charge is 0.456 e. The molecule has 0 unspecified atom stereocenters. The van der Waals surface area contributed by atoms with E-state index in [2.05, 4.69) is 18.5 Å². The Bertz CT molecular complexity index is 721. The first-order chi connectivity index (χ1) is 15.5. The van der Waals surface area contributed by atoms with Gasteiger partial charge in [-0.15, -0.1) is 11.8 Å². The van der Waals surface area contributed by atoms with Crippen LogP contribution in [-0.4, -0.2) is 83.2 Å². The van der Waals surface area contributed by atoms with Gasteiger partial charge in [-0.3, -0.25) is 19.2 Å². The van der Waals surface area contributed by atoms with Crippen LogP contribution < -0.4 is 5.32 Å². The highest BCUT2D eigenvalue weighted by atomic mass is 32.2. The molecule has 6 atom stereocenters. The Morgan fingerprint density at radius 2 is 1.42 bits per heavy atom. The van der Waals surface area contributed by atoms with Crippen LogP contribution in [0.15, 0.2) is 25.3 Å². The first-order valence-corrected chi connectivity index (χ1v) is 13.4. The summed E-state index contributed by atoms with van der Waals surface area (Å²) in [4.78, 5) is 47.8. The summed E-state index contributed by atoms with van der Waals surface area (Å²) in [5.41, 5.74) is -0.730. The van der Waals surface area contributed by atoms with Crippen molar-refractivity contribution in [2.24, 2.45) is 0 Å². The number of hydrogen-bond donors (Lipinski definition) is 1. The van der Waals surface area contributed by atoms with E-state index < -0.39 is 53.8 Å². The molecule has 1 aliphatic heterocycles. The number of nitrogens with one attached hydrogen (secondary N) is 1. The van der Waals surface area contributed by atoms with Crippen LogP contribution in [0.25, 0.3) is 0 Å². The van der Waals surface area contributed by atoms with Gasteiger partial charge >= 0.3 is 17.9 Å². The van der Waals surface area contributed by atoms with Crippen LogP contribution in [0.4, 0.5) is 0 Å². The van der Waals surface area contributed by atoms with Gasteiger partial charge in [0.05, 0.1) is 0 Å². The van der Waals surface area contributed by atoms with Crippen LogP contribution >= 0.6 is 11.8 Å². The maximum absolute atomic E-state index is 12.1. The number of thioether (sulfide) groups is 1. The van der Waals surface area contributed by atoms with Gasteiger partial charge in [0.25, 0.3) is 0 Å². The van der Waals surface area contributed by atoms with E-state index in [0.717, 1.165) is 0 Å². The van der Waals surface area contributed by atoms with Crippen LogP contribution in [-0.2, 0) is 49.0 Å². The number of carbonyl (C=O) groups is 4. The lowest BCUT2D eigenvalue weighted by molar-refractivity contribution is -0.234. The molecule has 1 aliphatic rings. The first kappa shape index (κ1) is 29.1. The van der Waals surface area contributed by atoms with Crippen molar-refractivity contribution >= 4 is 46.5 Å². The SMILES string of the molecule is C=CC[S+](CC=C)C[C@H](NC(C)=O)[C@H]1O[C@H](SC)[C@H](OC(C)=O)[C@@H](OC(C)=O)[C@H]1OC(C)=O. The first-order valence-electron chi connectivity index (χ1n) is 10.4. The van der Waals surface area contributed by atoms with E-state index in [9.17, 15) is 19.2 Å². The molecular weight excluding hydrogens is 470 g/mol. The Kier molecular flexibility index (Phi) is 12.6. The van der Waals surface area contributed by atoms with Crippen molar-refractivity contribution in [3.8, 4) is 0 Å². The van der Waals surface area contributed by atoms with Crippen LogP contribution in [0.5, 0.6) is 0 Å². The van der Waals surface area contributed by atoms with Gasteiger partial charge in [-0.1, -0.05) is 13.2 Å². The van der Waals surface area contributed by atoms with Gasteiger partial charge < -0.3 is 24.3 Å². The predicted octanol–water partition coefficient (Wildman–Crippen LogP) is 1.36. The monoisotopic (exact) mass is 504 g/mol. The molecule has 0 aromatic carbocycles. The van der Waals surface area contributed by atoms with Crippen molar-refractivity contribution in [2.75, 3.05) is 23.5 Å². The molecule has 0 aromatic rings. The molecule has 1 heterocycles. The number of rotatable bonds is 12. The van der Waals surface area contributed by atoms with Crippen LogP contribution in [0.2, 0.25) is 0 Å². The van der Waals surface area contributed by atoms with Crippen LogP contribution in [0.3, 0.4) is 0 Å². The van der Waals surface area contributed by atoms with E-state index in [1.54, 1.807) is 18.4 Å². The molecule has 0 bridgehead atoms. The maximum Gasteiger partial charge on any atom is 0.303 e. The van der Waals surface area contributed by atoms with Crippen LogP contribution in [0.1, 0.15) is 27.7 Å². The Hall–Kier alpha value is -1.98. The summed E-state index contributed by atoms with van der Waals surface area (Å²) in [5.74, 6) is -0.275. The molecule has 1 fully saturated rings. The summed E-state index contributed by atoms with van der Waals surface area (Å²) in [6.07, 6.45) is 1.23. The predicted molar refractivity (Wildman–Crippen MR) is 129 cm³/mol. The minimum absolute atomic E-state index is 0.225. The zero-order chi connectivity index (χ0) is 25.1. The Morgan fingerprint density at radius 1 is 0.939 bits per heavy atom. The second-order valence-electron chi connectivity index (χ2n) is 7.42. The second kappa shape index (κ2) is 14.3. The maximum atomic E-state index is 12.1. The van der Waals surface area contributed by atoms with Gasteiger partial charge in [0, 0.05) is 27.7 Å². The number of esters is 3. The van der Waals surface area contributed by atoms with E-state index >= 15 is 0 Å². The molecule has 0 saturated carbocycles. The van der Waals surface area contributed by atoms with Crippen molar-refractivity contribution in [1.29, 1.82) is 0 Å². The van der Waals surface area contributed by atoms with Gasteiger partial charge in [0.2, 0.25) is 5.91 Å². The van der Waals surface area contributed by atoms with E-state index in [4.69, 9.17) is 18.9 Å². The smallest absolute Gasteiger partial charge is 0.303 e. The third kappa shape index (κ3) is 9.42. The average molecular weight is 505 g/mol. The van der Waals surface area contributed by atoms with E-state index in [0.29, 0.717) is 17.3 Å². The molecule has 11 heteroatoms. The standard InChI is InChI=1S/C22H33NO8S2/c1-8-10-33(11-9-2)12-17(23-13(3)24)18-19(28-14(4)25)20(29-15(5)26)21(30-16(6)27)22(31-18)32-7/h8-9,17-22H,1-2,10-12H2,3-7H3/p+1/t17-,18+,19-,20-,21+,22+/m0/s1. The van der Waals surface area contributed by atoms with Crippen molar-refractivity contribution in [3.63, 3.8) is 0 Å². The van der Waals surface area contributed by atoms with Gasteiger partial charge in [-0.05, 0) is 29.3 Å². The normalized spacial score (nSPS) is 25.5. The lowest BCUT2D eigenvalue weighted by atomic mass is 9.94. The summed E-state index contributed by atoms with van der Waals surface area (Å²) in [7, 11) is -0.225. The van der Waals surface area contributed by atoms with Gasteiger partial charge in [-0.25, -0.2) is 0 Å². The molecule has 1 N–H and O–H groups in total. The molecule has 33 heavy (non-hydrogen) atoms. The molecule has 0 radical (unpaired) electrons. The van der Waals surface area contributed by atoms with Gasteiger partial charge in [0.1, 0.15) is 34.8 Å². The minimum Gasteiger partial charge on any atom is -0.456 e. The molecule has 1 amide bonds. The highest BCUT2D eigenvalue weighted by Gasteiger charge is 2.54. The lowest BCUT2D eigenvalue weighted by Gasteiger charge is -2.46. The molecule has 0 spiro atoms. The third-order valence-electron chi connectivity index (χ3n) is 4.58. The summed E-state index contributed by atoms with van der Waals surface area (Å²) in [6, 6.07) is -0.582. The Labute approximate surface area is 202 Å². The zero-order valence-corrected chi connectivity index (χ0v) is 21.4. The zero-order valence-electron chi connectivity index (χ0n) is 19.7. The molecular formula is C22H34NO8S2+. The van der Waals surface area contributed by atoms with Crippen LogP contribution in [0, 0.1) is 0 Å². The third-order valence-corrected chi connectivity index (χ3v) is 7.67. The molecule has 1 rings (SSSR count). The number of amides is 1. The van der Waals surface area contributed by atoms with E-state index in [1.165, 1.54) is 39.5 Å². The number of hydrogen-bond acceptors (Lipinski definition) is 9. The Morgan fingerprint density at radius 3 is 1.85 bits per heavy atom. The number of ether oxygens (including phenoxy) is 4. The average Bonchev–Trinajstić information content (AvgIpc) is 2.69. The minimum atomic E-state index is -1.12. The molecule has 0 aromatic heterocycles. The molecule has 186 valence electrons. The van der Waals surface area contributed by atoms with Crippen molar-refractivity contribution in [1.82, 2.24) is 5.32 Å². The number of carbonyl (C=O) groups excluding carboxylic acids is 4. The summed E-state index contributed by atoms with van der Waals surface area (Å²) < 4.78 is 22.7. The van der Waals surface area contributed by atoms with Crippen molar-refractivity contribution < 1.29 is 38.1 Å².